The number of methoxy groups -OCH3 is 1. The number of benzene rings is 2. The van der Waals surface area contributed by atoms with Crippen LogP contribution in [0.1, 0.15) is 0 Å². The molecule has 112 valence electrons. The van der Waals surface area contributed by atoms with Gasteiger partial charge in [0.2, 0.25) is 0 Å². The second-order valence-electron chi connectivity index (χ2n) is 4.70. The van der Waals surface area contributed by atoms with Crippen molar-refractivity contribution >= 4 is 11.0 Å². The topological polar surface area (TPSA) is 100 Å². The van der Waals surface area contributed by atoms with E-state index in [1.807, 2.05) is 0 Å². The standard InChI is InChI=1S/C16H12O6/c1-21-9-5-13(19)16-11(7-15(20)22-14(16)6-9)10-4-8(17)2-3-12(10)18/h2-7,17-19H,1H3. The van der Waals surface area contributed by atoms with E-state index >= 15 is 0 Å². The van der Waals surface area contributed by atoms with E-state index in [1.54, 1.807) is 0 Å². The first-order valence-corrected chi connectivity index (χ1v) is 6.37. The van der Waals surface area contributed by atoms with Crippen LogP contribution in [-0.2, 0) is 0 Å². The minimum absolute atomic E-state index is 0.0813. The van der Waals surface area contributed by atoms with Gasteiger partial charge in [-0.25, -0.2) is 4.79 Å². The van der Waals surface area contributed by atoms with Crippen molar-refractivity contribution in [1.82, 2.24) is 0 Å². The Morgan fingerprint density at radius 2 is 1.73 bits per heavy atom. The van der Waals surface area contributed by atoms with Gasteiger partial charge in [0.15, 0.2) is 0 Å². The maximum atomic E-state index is 11.8. The maximum Gasteiger partial charge on any atom is 0.336 e. The summed E-state index contributed by atoms with van der Waals surface area (Å²) in [4.78, 5) is 11.8. The lowest BCUT2D eigenvalue weighted by Crippen LogP contribution is -1.99. The van der Waals surface area contributed by atoms with Crippen molar-refractivity contribution in [2.24, 2.45) is 0 Å². The molecule has 0 bridgehead atoms. The highest BCUT2D eigenvalue weighted by molar-refractivity contribution is 5.99. The molecule has 0 saturated carbocycles. The average Bonchev–Trinajstić information content (AvgIpc) is 2.48. The molecule has 0 radical (unpaired) electrons. The Balaban J connectivity index is 2.43. The zero-order chi connectivity index (χ0) is 15.9. The molecule has 2 aromatic carbocycles. The maximum absolute atomic E-state index is 11.8. The van der Waals surface area contributed by atoms with Crippen molar-refractivity contribution in [3.8, 4) is 34.1 Å². The Hall–Kier alpha value is -3.15. The van der Waals surface area contributed by atoms with E-state index in [-0.39, 0.29) is 39.3 Å². The minimum Gasteiger partial charge on any atom is -0.508 e. The second kappa shape index (κ2) is 5.00. The van der Waals surface area contributed by atoms with Crippen LogP contribution in [-0.4, -0.2) is 22.4 Å². The Bertz CT molecular complexity index is 926. The molecule has 0 aliphatic rings. The van der Waals surface area contributed by atoms with E-state index < -0.39 is 5.63 Å². The highest BCUT2D eigenvalue weighted by Crippen LogP contribution is 2.40. The van der Waals surface area contributed by atoms with Gasteiger partial charge in [-0.2, -0.15) is 0 Å². The predicted molar refractivity (Wildman–Crippen MR) is 79.5 cm³/mol. The molecule has 0 aliphatic carbocycles. The van der Waals surface area contributed by atoms with Crippen LogP contribution < -0.4 is 10.4 Å². The van der Waals surface area contributed by atoms with Crippen LogP contribution in [0.5, 0.6) is 23.0 Å². The van der Waals surface area contributed by atoms with Crippen LogP contribution in [0.2, 0.25) is 0 Å². The molecule has 0 spiro atoms. The largest absolute Gasteiger partial charge is 0.508 e. The van der Waals surface area contributed by atoms with Crippen LogP contribution >= 0.6 is 0 Å². The molecule has 3 rings (SSSR count). The van der Waals surface area contributed by atoms with Gasteiger partial charge in [-0.1, -0.05) is 0 Å². The molecular formula is C16H12O6. The molecule has 0 aliphatic heterocycles. The summed E-state index contributed by atoms with van der Waals surface area (Å²) >= 11 is 0. The van der Waals surface area contributed by atoms with Gasteiger partial charge in [0.1, 0.15) is 28.6 Å². The SMILES string of the molecule is COc1cc(O)c2c(-c3cc(O)ccc3O)cc(=O)oc2c1. The fourth-order valence-electron chi connectivity index (χ4n) is 2.33. The summed E-state index contributed by atoms with van der Waals surface area (Å²) in [5.74, 6) is -0.0663. The molecule has 0 saturated heterocycles. The summed E-state index contributed by atoms with van der Waals surface area (Å²) in [6.45, 7) is 0. The summed E-state index contributed by atoms with van der Waals surface area (Å²) < 4.78 is 10.1. The third-order valence-electron chi connectivity index (χ3n) is 3.30. The van der Waals surface area contributed by atoms with Gasteiger partial charge in [-0.05, 0) is 18.2 Å². The Labute approximate surface area is 124 Å². The summed E-state index contributed by atoms with van der Waals surface area (Å²) in [6, 6.07) is 7.88. The van der Waals surface area contributed by atoms with E-state index in [9.17, 15) is 20.1 Å². The summed E-state index contributed by atoms with van der Waals surface area (Å²) in [5, 5.41) is 30.0. The molecule has 1 aromatic heterocycles. The number of fused-ring (bicyclic) bond motifs is 1. The first-order chi connectivity index (χ1) is 10.5. The van der Waals surface area contributed by atoms with E-state index in [0.717, 1.165) is 6.07 Å². The monoisotopic (exact) mass is 300 g/mol. The van der Waals surface area contributed by atoms with Gasteiger partial charge in [-0.3, -0.25) is 0 Å². The third kappa shape index (κ3) is 2.20. The molecule has 6 heteroatoms. The van der Waals surface area contributed by atoms with Crippen LogP contribution in [0.15, 0.2) is 45.6 Å². The molecule has 6 nitrogen and oxygen atoms in total. The normalized spacial score (nSPS) is 10.8. The van der Waals surface area contributed by atoms with Crippen molar-refractivity contribution in [3.05, 3.63) is 46.8 Å². The Morgan fingerprint density at radius 3 is 2.45 bits per heavy atom. The lowest BCUT2D eigenvalue weighted by Gasteiger charge is -2.10. The molecule has 1 heterocycles. The zero-order valence-electron chi connectivity index (χ0n) is 11.5. The van der Waals surface area contributed by atoms with E-state index in [4.69, 9.17) is 9.15 Å². The number of ether oxygens (including phenoxy) is 1. The van der Waals surface area contributed by atoms with Crippen molar-refractivity contribution in [1.29, 1.82) is 0 Å². The van der Waals surface area contributed by atoms with E-state index in [1.165, 1.54) is 37.4 Å². The number of hydrogen-bond acceptors (Lipinski definition) is 6. The van der Waals surface area contributed by atoms with Gasteiger partial charge in [0, 0.05) is 29.3 Å². The fourth-order valence-corrected chi connectivity index (χ4v) is 2.33. The Morgan fingerprint density at radius 1 is 0.955 bits per heavy atom. The predicted octanol–water partition coefficient (Wildman–Crippen LogP) is 2.59. The molecular weight excluding hydrogens is 288 g/mol. The van der Waals surface area contributed by atoms with Crippen LogP contribution in [0.4, 0.5) is 0 Å². The van der Waals surface area contributed by atoms with Crippen LogP contribution in [0, 0.1) is 0 Å². The second-order valence-corrected chi connectivity index (χ2v) is 4.70. The van der Waals surface area contributed by atoms with Crippen molar-refractivity contribution in [2.45, 2.75) is 0 Å². The lowest BCUT2D eigenvalue weighted by molar-refractivity contribution is 0.407. The van der Waals surface area contributed by atoms with Gasteiger partial charge in [0.05, 0.1) is 12.5 Å². The molecule has 3 N–H and O–H groups in total. The van der Waals surface area contributed by atoms with Gasteiger partial charge in [-0.15, -0.1) is 0 Å². The highest BCUT2D eigenvalue weighted by Gasteiger charge is 2.16. The first-order valence-electron chi connectivity index (χ1n) is 6.37. The quantitative estimate of drug-likeness (QED) is 0.497. The molecule has 22 heavy (non-hydrogen) atoms. The first kappa shape index (κ1) is 13.8. The summed E-state index contributed by atoms with van der Waals surface area (Å²) in [7, 11) is 1.42. The summed E-state index contributed by atoms with van der Waals surface area (Å²) in [6.07, 6.45) is 0. The fraction of sp³-hybridized carbons (Fsp3) is 0.0625. The van der Waals surface area contributed by atoms with Gasteiger partial charge < -0.3 is 24.5 Å². The minimum atomic E-state index is -0.655. The number of rotatable bonds is 2. The van der Waals surface area contributed by atoms with Crippen LogP contribution in [0.3, 0.4) is 0 Å². The Kier molecular flexibility index (Phi) is 3.14. The van der Waals surface area contributed by atoms with Gasteiger partial charge >= 0.3 is 5.63 Å². The van der Waals surface area contributed by atoms with Crippen molar-refractivity contribution in [3.63, 3.8) is 0 Å². The zero-order valence-corrected chi connectivity index (χ0v) is 11.5. The number of hydrogen-bond donors (Lipinski definition) is 3. The average molecular weight is 300 g/mol. The number of phenolic OH excluding ortho intramolecular Hbond substituents is 3. The van der Waals surface area contributed by atoms with Crippen molar-refractivity contribution < 1.29 is 24.5 Å². The van der Waals surface area contributed by atoms with E-state index in [2.05, 4.69) is 0 Å². The summed E-state index contributed by atoms with van der Waals surface area (Å²) in [5.41, 5.74) is -0.0850. The highest BCUT2D eigenvalue weighted by atomic mass is 16.5. The van der Waals surface area contributed by atoms with E-state index in [0.29, 0.717) is 5.75 Å². The number of aromatic hydroxyl groups is 3. The van der Waals surface area contributed by atoms with Gasteiger partial charge in [0.25, 0.3) is 0 Å². The molecule has 0 unspecified atom stereocenters. The lowest BCUT2D eigenvalue weighted by atomic mass is 10.00. The molecule has 0 amide bonds. The van der Waals surface area contributed by atoms with Crippen LogP contribution in [0.25, 0.3) is 22.1 Å². The number of phenols is 3. The molecule has 3 aromatic rings. The molecule has 0 fully saturated rings. The smallest absolute Gasteiger partial charge is 0.336 e. The van der Waals surface area contributed by atoms with Crippen molar-refractivity contribution in [2.75, 3.05) is 7.11 Å². The third-order valence-corrected chi connectivity index (χ3v) is 3.30. The molecule has 0 atom stereocenters.